The summed E-state index contributed by atoms with van der Waals surface area (Å²) in [6, 6.07) is 0. The van der Waals surface area contributed by atoms with E-state index in [0.717, 1.165) is 32.4 Å². The van der Waals surface area contributed by atoms with Crippen molar-refractivity contribution in [1.29, 1.82) is 0 Å². The summed E-state index contributed by atoms with van der Waals surface area (Å²) in [7, 11) is 1.66. The molecule has 0 saturated heterocycles. The largest absolute Gasteiger partial charge is 0.396 e. The van der Waals surface area contributed by atoms with Crippen molar-refractivity contribution in [1.82, 2.24) is 10.6 Å². The third-order valence-electron chi connectivity index (χ3n) is 3.54. The summed E-state index contributed by atoms with van der Waals surface area (Å²) in [5.41, 5.74) is 0.118. The second kappa shape index (κ2) is 6.86. The van der Waals surface area contributed by atoms with Gasteiger partial charge in [0.05, 0.1) is 0 Å². The zero-order chi connectivity index (χ0) is 11.9. The van der Waals surface area contributed by atoms with Gasteiger partial charge in [0.1, 0.15) is 0 Å². The fourth-order valence-electron chi connectivity index (χ4n) is 2.37. The maximum absolute atomic E-state index is 11.0. The molecule has 1 amide bonds. The number of hydrogen-bond acceptors (Lipinski definition) is 3. The Labute approximate surface area is 97.8 Å². The van der Waals surface area contributed by atoms with Crippen LogP contribution in [0.3, 0.4) is 0 Å². The minimum absolute atomic E-state index is 0.0968. The molecule has 0 heterocycles. The van der Waals surface area contributed by atoms with Crippen LogP contribution in [0.15, 0.2) is 0 Å². The van der Waals surface area contributed by atoms with E-state index >= 15 is 0 Å². The molecule has 16 heavy (non-hydrogen) atoms. The van der Waals surface area contributed by atoms with E-state index in [0.29, 0.717) is 6.42 Å². The summed E-state index contributed by atoms with van der Waals surface area (Å²) < 4.78 is 0. The predicted molar refractivity (Wildman–Crippen MR) is 64.2 cm³/mol. The number of rotatable bonds is 7. The summed E-state index contributed by atoms with van der Waals surface area (Å²) in [6.45, 7) is 2.03. The Morgan fingerprint density at radius 1 is 1.38 bits per heavy atom. The smallest absolute Gasteiger partial charge is 0.219 e. The molecular weight excluding hydrogens is 204 g/mol. The van der Waals surface area contributed by atoms with Gasteiger partial charge >= 0.3 is 0 Å². The van der Waals surface area contributed by atoms with E-state index in [1.807, 2.05) is 0 Å². The second-order valence-corrected chi connectivity index (χ2v) is 4.82. The Morgan fingerprint density at radius 2 is 2.06 bits per heavy atom. The fourth-order valence-corrected chi connectivity index (χ4v) is 2.37. The number of carbonyl (C=O) groups excluding carboxylic acids is 1. The Hall–Kier alpha value is -0.610. The first-order valence-corrected chi connectivity index (χ1v) is 6.25. The molecule has 0 radical (unpaired) electrons. The van der Waals surface area contributed by atoms with Crippen molar-refractivity contribution in [3.8, 4) is 0 Å². The Kier molecular flexibility index (Phi) is 5.77. The fraction of sp³-hybridized carbons (Fsp3) is 0.917. The highest BCUT2D eigenvalue weighted by Crippen LogP contribution is 2.36. The van der Waals surface area contributed by atoms with Crippen molar-refractivity contribution in [2.45, 2.75) is 38.5 Å². The summed E-state index contributed by atoms with van der Waals surface area (Å²) in [6.07, 6.45) is 6.18. The van der Waals surface area contributed by atoms with Gasteiger partial charge in [-0.25, -0.2) is 0 Å². The highest BCUT2D eigenvalue weighted by molar-refractivity contribution is 5.75. The molecule has 94 valence electrons. The molecule has 3 N–H and O–H groups in total. The van der Waals surface area contributed by atoms with Crippen molar-refractivity contribution in [3.05, 3.63) is 0 Å². The number of hydrogen-bond donors (Lipinski definition) is 3. The van der Waals surface area contributed by atoms with Gasteiger partial charge < -0.3 is 15.7 Å². The topological polar surface area (TPSA) is 61.4 Å². The normalized spacial score (nSPS) is 18.6. The van der Waals surface area contributed by atoms with Crippen molar-refractivity contribution in [2.24, 2.45) is 5.41 Å². The zero-order valence-corrected chi connectivity index (χ0v) is 10.2. The lowest BCUT2D eigenvalue weighted by molar-refractivity contribution is -0.120. The molecule has 1 rings (SSSR count). The van der Waals surface area contributed by atoms with Gasteiger partial charge in [-0.15, -0.1) is 0 Å². The van der Waals surface area contributed by atoms with Crippen LogP contribution in [0.1, 0.15) is 38.5 Å². The van der Waals surface area contributed by atoms with Crippen LogP contribution in [0.4, 0.5) is 0 Å². The summed E-state index contributed by atoms with van der Waals surface area (Å²) in [5.74, 6) is 0.0968. The van der Waals surface area contributed by atoms with Gasteiger partial charge in [-0.1, -0.05) is 12.8 Å². The van der Waals surface area contributed by atoms with E-state index in [1.54, 1.807) is 7.05 Å². The van der Waals surface area contributed by atoms with E-state index in [2.05, 4.69) is 10.6 Å². The Morgan fingerprint density at radius 3 is 2.62 bits per heavy atom. The minimum atomic E-state index is 0.0968. The number of aliphatic hydroxyl groups is 1. The molecule has 4 heteroatoms. The molecule has 0 aromatic rings. The van der Waals surface area contributed by atoms with E-state index in [9.17, 15) is 9.90 Å². The second-order valence-electron chi connectivity index (χ2n) is 4.82. The predicted octanol–water partition coefficient (Wildman–Crippen LogP) is 0.655. The van der Waals surface area contributed by atoms with Gasteiger partial charge in [-0.2, -0.15) is 0 Å². The standard InChI is InChI=1S/C12H24N2O2/c1-13-11(16)5-4-8-14-9-12(10-15)6-2-3-7-12/h14-15H,2-10H2,1H3,(H,13,16). The number of carbonyl (C=O) groups is 1. The first-order chi connectivity index (χ1) is 7.72. The zero-order valence-electron chi connectivity index (χ0n) is 10.2. The molecular formula is C12H24N2O2. The third kappa shape index (κ3) is 4.10. The van der Waals surface area contributed by atoms with Crippen molar-refractivity contribution < 1.29 is 9.90 Å². The van der Waals surface area contributed by atoms with Gasteiger partial charge in [0.15, 0.2) is 0 Å². The maximum atomic E-state index is 11.0. The van der Waals surface area contributed by atoms with Crippen LogP contribution in [-0.4, -0.2) is 37.8 Å². The van der Waals surface area contributed by atoms with Crippen LogP contribution in [0, 0.1) is 5.41 Å². The number of amides is 1. The van der Waals surface area contributed by atoms with Crippen LogP contribution in [0.2, 0.25) is 0 Å². The summed E-state index contributed by atoms with van der Waals surface area (Å²) >= 11 is 0. The third-order valence-corrected chi connectivity index (χ3v) is 3.54. The molecule has 0 aromatic carbocycles. The van der Waals surface area contributed by atoms with Crippen molar-refractivity contribution in [2.75, 3.05) is 26.7 Å². The lowest BCUT2D eigenvalue weighted by Crippen LogP contribution is -2.35. The molecule has 0 bridgehead atoms. The first-order valence-electron chi connectivity index (χ1n) is 6.25. The van der Waals surface area contributed by atoms with Crippen LogP contribution in [0.25, 0.3) is 0 Å². The molecule has 1 fully saturated rings. The molecule has 0 aliphatic heterocycles. The van der Waals surface area contributed by atoms with Gasteiger partial charge in [0.25, 0.3) is 0 Å². The van der Waals surface area contributed by atoms with Crippen LogP contribution in [-0.2, 0) is 4.79 Å². The molecule has 0 spiro atoms. The maximum Gasteiger partial charge on any atom is 0.219 e. The first kappa shape index (κ1) is 13.5. The van der Waals surface area contributed by atoms with E-state index in [4.69, 9.17) is 0 Å². The lowest BCUT2D eigenvalue weighted by atomic mass is 9.87. The number of aliphatic hydroxyl groups excluding tert-OH is 1. The highest BCUT2D eigenvalue weighted by Gasteiger charge is 2.32. The van der Waals surface area contributed by atoms with E-state index in [-0.39, 0.29) is 17.9 Å². The highest BCUT2D eigenvalue weighted by atomic mass is 16.3. The molecule has 1 aliphatic rings. The molecule has 0 unspecified atom stereocenters. The van der Waals surface area contributed by atoms with E-state index < -0.39 is 0 Å². The average Bonchev–Trinajstić information content (AvgIpc) is 2.77. The minimum Gasteiger partial charge on any atom is -0.396 e. The molecule has 1 saturated carbocycles. The molecule has 0 atom stereocenters. The van der Waals surface area contributed by atoms with Crippen molar-refractivity contribution in [3.63, 3.8) is 0 Å². The molecule has 1 aliphatic carbocycles. The summed E-state index contributed by atoms with van der Waals surface area (Å²) in [5, 5.41) is 15.4. The lowest BCUT2D eigenvalue weighted by Gasteiger charge is -2.26. The summed E-state index contributed by atoms with van der Waals surface area (Å²) in [4.78, 5) is 11.0. The van der Waals surface area contributed by atoms with Crippen molar-refractivity contribution >= 4 is 5.91 Å². The van der Waals surface area contributed by atoms with Crippen LogP contribution in [0.5, 0.6) is 0 Å². The quantitative estimate of drug-likeness (QED) is 0.561. The van der Waals surface area contributed by atoms with Crippen LogP contribution < -0.4 is 10.6 Å². The average molecular weight is 228 g/mol. The molecule has 4 nitrogen and oxygen atoms in total. The monoisotopic (exact) mass is 228 g/mol. The Balaban J connectivity index is 2.07. The molecule has 0 aromatic heterocycles. The van der Waals surface area contributed by atoms with Gasteiger partial charge in [0.2, 0.25) is 5.91 Å². The van der Waals surface area contributed by atoms with Crippen LogP contribution >= 0.6 is 0 Å². The van der Waals surface area contributed by atoms with Gasteiger partial charge in [-0.3, -0.25) is 4.79 Å². The number of nitrogens with one attached hydrogen (secondary N) is 2. The van der Waals surface area contributed by atoms with Gasteiger partial charge in [0, 0.05) is 32.0 Å². The SMILES string of the molecule is CNC(=O)CCCNCC1(CO)CCCC1. The van der Waals surface area contributed by atoms with Gasteiger partial charge in [-0.05, 0) is 25.8 Å². The Bertz CT molecular complexity index is 213. The van der Waals surface area contributed by atoms with E-state index in [1.165, 1.54) is 12.8 Å².